The van der Waals surface area contributed by atoms with Gasteiger partial charge in [0.1, 0.15) is 11.7 Å². The zero-order valence-corrected chi connectivity index (χ0v) is 13.1. The zero-order valence-electron chi connectivity index (χ0n) is 10.9. The molecule has 3 aromatic rings. The van der Waals surface area contributed by atoms with Crippen molar-refractivity contribution in [3.63, 3.8) is 0 Å². The van der Waals surface area contributed by atoms with Crippen LogP contribution in [0.25, 0.3) is 22.2 Å². The Balaban J connectivity index is 2.33. The largest absolute Gasteiger partial charge is 0.494 e. The summed E-state index contributed by atoms with van der Waals surface area (Å²) in [6, 6.07) is 8.62. The minimum Gasteiger partial charge on any atom is -0.494 e. The van der Waals surface area contributed by atoms with Crippen molar-refractivity contribution in [3.05, 3.63) is 45.5 Å². The van der Waals surface area contributed by atoms with Gasteiger partial charge in [-0.1, -0.05) is 6.07 Å². The minimum atomic E-state index is -0.421. The summed E-state index contributed by atoms with van der Waals surface area (Å²) in [6.45, 7) is 0. The fourth-order valence-electron chi connectivity index (χ4n) is 2.26. The Kier molecular flexibility index (Phi) is 3.51. The summed E-state index contributed by atoms with van der Waals surface area (Å²) >= 11 is 2.07. The van der Waals surface area contributed by atoms with Gasteiger partial charge in [-0.3, -0.25) is 0 Å². The molecule has 0 saturated heterocycles. The van der Waals surface area contributed by atoms with E-state index in [1.54, 1.807) is 24.4 Å². The molecule has 1 N–H and O–H groups in total. The lowest BCUT2D eigenvalue weighted by atomic mass is 10.0. The normalized spacial score (nSPS) is 10.6. The van der Waals surface area contributed by atoms with Crippen molar-refractivity contribution in [2.45, 2.75) is 0 Å². The maximum absolute atomic E-state index is 13.6. The van der Waals surface area contributed by atoms with E-state index in [2.05, 4.69) is 38.6 Å². The zero-order chi connectivity index (χ0) is 15.0. The highest BCUT2D eigenvalue weighted by Gasteiger charge is 2.16. The number of pyridine rings is 1. The molecule has 2 heterocycles. The van der Waals surface area contributed by atoms with E-state index in [9.17, 15) is 9.65 Å². The van der Waals surface area contributed by atoms with Crippen LogP contribution in [-0.2, 0) is 0 Å². The smallest absolute Gasteiger partial charge is 0.165 e. The number of H-pyrrole nitrogens is 1. The minimum absolute atomic E-state index is 0.168. The summed E-state index contributed by atoms with van der Waals surface area (Å²) in [5.41, 5.74) is 2.76. The Morgan fingerprint density at radius 3 is 2.90 bits per heavy atom. The number of nitriles is 1. The Labute approximate surface area is 133 Å². The fourth-order valence-corrected chi connectivity index (χ4v) is 2.90. The fraction of sp³-hybridized carbons (Fsp3) is 0.0667. The number of benzene rings is 1. The van der Waals surface area contributed by atoms with Crippen LogP contribution in [0.3, 0.4) is 0 Å². The quantitative estimate of drug-likeness (QED) is 0.673. The highest BCUT2D eigenvalue weighted by atomic mass is 127. The van der Waals surface area contributed by atoms with E-state index in [-0.39, 0.29) is 5.75 Å². The predicted octanol–water partition coefficient (Wildman–Crippen LogP) is 3.85. The molecule has 3 rings (SSSR count). The average Bonchev–Trinajstić information content (AvgIpc) is 2.82. The van der Waals surface area contributed by atoms with Crippen LogP contribution in [0.1, 0.15) is 5.56 Å². The van der Waals surface area contributed by atoms with E-state index in [0.717, 1.165) is 20.2 Å². The summed E-state index contributed by atoms with van der Waals surface area (Å²) in [5.74, 6) is -0.253. The molecule has 4 nitrogen and oxygen atoms in total. The van der Waals surface area contributed by atoms with Crippen molar-refractivity contribution in [2.24, 2.45) is 0 Å². The molecule has 0 aliphatic rings. The van der Waals surface area contributed by atoms with Gasteiger partial charge in [0.05, 0.1) is 16.4 Å². The molecule has 0 saturated carbocycles. The van der Waals surface area contributed by atoms with Crippen LogP contribution in [0.2, 0.25) is 0 Å². The summed E-state index contributed by atoms with van der Waals surface area (Å²) < 4.78 is 19.3. The Morgan fingerprint density at radius 1 is 1.38 bits per heavy atom. The number of hydrogen-bond donors (Lipinski definition) is 1. The maximum Gasteiger partial charge on any atom is 0.165 e. The molecule has 0 bridgehead atoms. The Hall–Kier alpha value is -2.14. The topological polar surface area (TPSA) is 61.7 Å². The summed E-state index contributed by atoms with van der Waals surface area (Å²) in [5, 5.41) is 10.1. The van der Waals surface area contributed by atoms with Crippen molar-refractivity contribution in [1.82, 2.24) is 9.97 Å². The van der Waals surface area contributed by atoms with Crippen LogP contribution in [0, 0.1) is 20.8 Å². The van der Waals surface area contributed by atoms with E-state index in [1.165, 1.54) is 13.2 Å². The van der Waals surface area contributed by atoms with E-state index >= 15 is 0 Å². The summed E-state index contributed by atoms with van der Waals surface area (Å²) in [7, 11) is 1.42. The number of nitrogens with one attached hydrogen (secondary N) is 1. The number of fused-ring (bicyclic) bond motifs is 1. The van der Waals surface area contributed by atoms with Crippen LogP contribution in [0.5, 0.6) is 5.75 Å². The van der Waals surface area contributed by atoms with Crippen LogP contribution < -0.4 is 4.74 Å². The molecule has 0 amide bonds. The number of ether oxygens (including phenoxy) is 1. The van der Waals surface area contributed by atoms with Crippen molar-refractivity contribution in [2.75, 3.05) is 7.11 Å². The van der Waals surface area contributed by atoms with Crippen molar-refractivity contribution < 1.29 is 9.13 Å². The number of nitrogens with zero attached hydrogens (tertiary/aromatic N) is 2. The van der Waals surface area contributed by atoms with Gasteiger partial charge in [0.2, 0.25) is 0 Å². The molecule has 21 heavy (non-hydrogen) atoms. The summed E-state index contributed by atoms with van der Waals surface area (Å²) in [6.07, 6.45) is 1.65. The van der Waals surface area contributed by atoms with Gasteiger partial charge in [0.15, 0.2) is 11.6 Å². The van der Waals surface area contributed by atoms with Gasteiger partial charge in [-0.25, -0.2) is 9.37 Å². The molecule has 0 fully saturated rings. The molecule has 0 atom stereocenters. The molecular weight excluding hydrogens is 384 g/mol. The van der Waals surface area contributed by atoms with Crippen LogP contribution >= 0.6 is 22.6 Å². The van der Waals surface area contributed by atoms with Crippen LogP contribution in [0.15, 0.2) is 30.5 Å². The second kappa shape index (κ2) is 5.33. The van der Waals surface area contributed by atoms with Gasteiger partial charge in [0.25, 0.3) is 0 Å². The molecule has 0 aliphatic heterocycles. The number of hydrogen-bond acceptors (Lipinski definition) is 3. The third kappa shape index (κ3) is 2.23. The van der Waals surface area contributed by atoms with Crippen molar-refractivity contribution >= 4 is 33.6 Å². The summed E-state index contributed by atoms with van der Waals surface area (Å²) in [4.78, 5) is 7.32. The highest BCUT2D eigenvalue weighted by molar-refractivity contribution is 14.1. The van der Waals surface area contributed by atoms with Gasteiger partial charge < -0.3 is 9.72 Å². The third-order valence-corrected chi connectivity index (χ3v) is 4.03. The first-order valence-electron chi connectivity index (χ1n) is 6.06. The molecule has 1 aromatic carbocycles. The lowest BCUT2D eigenvalue weighted by molar-refractivity contribution is 0.387. The number of rotatable bonds is 2. The maximum atomic E-state index is 13.6. The van der Waals surface area contributed by atoms with Crippen molar-refractivity contribution in [3.8, 4) is 22.9 Å². The van der Waals surface area contributed by atoms with E-state index in [4.69, 9.17) is 4.74 Å². The van der Waals surface area contributed by atoms with E-state index in [0.29, 0.717) is 11.2 Å². The Bertz CT molecular complexity index is 882. The van der Waals surface area contributed by atoms with Crippen LogP contribution in [0.4, 0.5) is 4.39 Å². The second-order valence-corrected chi connectivity index (χ2v) is 5.44. The molecule has 0 aliphatic carbocycles. The van der Waals surface area contributed by atoms with E-state index < -0.39 is 5.82 Å². The van der Waals surface area contributed by atoms with Gasteiger partial charge in [-0.2, -0.15) is 5.26 Å². The third-order valence-electron chi connectivity index (χ3n) is 3.22. The van der Waals surface area contributed by atoms with E-state index in [1.807, 2.05) is 0 Å². The molecule has 0 radical (unpaired) electrons. The molecule has 0 spiro atoms. The first kappa shape index (κ1) is 13.8. The van der Waals surface area contributed by atoms with Gasteiger partial charge in [-0.15, -0.1) is 0 Å². The number of halogens is 2. The number of aromatic nitrogens is 2. The Morgan fingerprint density at radius 2 is 2.19 bits per heavy atom. The molecule has 104 valence electrons. The first-order chi connectivity index (χ1) is 10.2. The predicted molar refractivity (Wildman–Crippen MR) is 85.5 cm³/mol. The lowest BCUT2D eigenvalue weighted by Gasteiger charge is -2.07. The van der Waals surface area contributed by atoms with Crippen molar-refractivity contribution in [1.29, 1.82) is 5.26 Å². The molecule has 2 aromatic heterocycles. The SMILES string of the molecule is COc1cc(-c2ccnc3[nH]c(I)c(C#N)c23)ccc1F. The molecular formula is C15H9FIN3O. The monoisotopic (exact) mass is 393 g/mol. The average molecular weight is 393 g/mol. The second-order valence-electron chi connectivity index (χ2n) is 4.36. The molecule has 6 heteroatoms. The molecule has 0 unspecified atom stereocenters. The first-order valence-corrected chi connectivity index (χ1v) is 7.13. The van der Waals surface area contributed by atoms with Gasteiger partial charge in [0, 0.05) is 11.6 Å². The standard InChI is InChI=1S/C15H9FIN3O/c1-21-12-6-8(2-3-11(12)16)9-4-5-19-15-13(9)10(7-18)14(17)20-15/h2-6H,1H3,(H,19,20). The lowest BCUT2D eigenvalue weighted by Crippen LogP contribution is -1.90. The number of aromatic amines is 1. The van der Waals surface area contributed by atoms with Gasteiger partial charge in [-0.05, 0) is 51.9 Å². The number of methoxy groups -OCH3 is 1. The van der Waals surface area contributed by atoms with Gasteiger partial charge >= 0.3 is 0 Å². The van der Waals surface area contributed by atoms with Crippen LogP contribution in [-0.4, -0.2) is 17.1 Å². The highest BCUT2D eigenvalue weighted by Crippen LogP contribution is 2.34.